The van der Waals surface area contributed by atoms with E-state index in [2.05, 4.69) is 17.4 Å². The highest BCUT2D eigenvalue weighted by Crippen LogP contribution is 2.30. The van der Waals surface area contributed by atoms with Gasteiger partial charge in [-0.1, -0.05) is 42.5 Å². The molecule has 152 valence electrons. The molecule has 0 aromatic heterocycles. The van der Waals surface area contributed by atoms with Crippen LogP contribution in [0.15, 0.2) is 54.6 Å². The summed E-state index contributed by atoms with van der Waals surface area (Å²) in [5.74, 6) is -0.279. The highest BCUT2D eigenvalue weighted by Gasteiger charge is 2.47. The van der Waals surface area contributed by atoms with Crippen LogP contribution in [0.3, 0.4) is 0 Å². The normalized spacial score (nSPS) is 22.4. The van der Waals surface area contributed by atoms with Gasteiger partial charge in [0, 0.05) is 18.8 Å². The number of anilines is 1. The minimum atomic E-state index is -0.558. The van der Waals surface area contributed by atoms with E-state index in [0.717, 1.165) is 16.8 Å². The van der Waals surface area contributed by atoms with Crippen molar-refractivity contribution in [1.82, 2.24) is 10.2 Å². The summed E-state index contributed by atoms with van der Waals surface area (Å²) in [6, 6.07) is 17.2. The number of benzene rings is 2. The molecule has 2 aromatic rings. The summed E-state index contributed by atoms with van der Waals surface area (Å²) in [5.41, 5.74) is 2.44. The van der Waals surface area contributed by atoms with E-state index in [1.54, 1.807) is 4.90 Å². The van der Waals surface area contributed by atoms with E-state index in [9.17, 15) is 9.59 Å². The van der Waals surface area contributed by atoms with Crippen LogP contribution >= 0.6 is 0 Å². The Morgan fingerprint density at radius 1 is 1.03 bits per heavy atom. The molecule has 2 fully saturated rings. The first-order valence-corrected chi connectivity index (χ1v) is 10.00. The average Bonchev–Trinajstić information content (AvgIpc) is 3.04. The molecule has 2 aliphatic heterocycles. The molecule has 1 amide bonds. The van der Waals surface area contributed by atoms with Gasteiger partial charge in [-0.3, -0.25) is 19.4 Å². The largest absolute Gasteiger partial charge is 0.459 e. The van der Waals surface area contributed by atoms with E-state index in [-0.39, 0.29) is 17.9 Å². The van der Waals surface area contributed by atoms with E-state index in [4.69, 9.17) is 4.74 Å². The van der Waals surface area contributed by atoms with Crippen LogP contribution in [0.4, 0.5) is 5.69 Å². The lowest BCUT2D eigenvalue weighted by atomic mass is 10.0. The van der Waals surface area contributed by atoms with Crippen LogP contribution in [0.5, 0.6) is 0 Å². The van der Waals surface area contributed by atoms with Crippen molar-refractivity contribution < 1.29 is 14.3 Å². The molecule has 0 spiro atoms. The number of carbonyl (C=O) groups excluding carboxylic acids is 2. The van der Waals surface area contributed by atoms with Gasteiger partial charge in [-0.2, -0.15) is 0 Å². The van der Waals surface area contributed by atoms with Gasteiger partial charge in [0.15, 0.2) is 0 Å². The van der Waals surface area contributed by atoms with Gasteiger partial charge in [-0.15, -0.1) is 0 Å². The fourth-order valence-electron chi connectivity index (χ4n) is 3.93. The fraction of sp³-hybridized carbons (Fsp3) is 0.391. The summed E-state index contributed by atoms with van der Waals surface area (Å²) in [6.45, 7) is 6.97. The molecule has 6 heteroatoms. The van der Waals surface area contributed by atoms with Crippen molar-refractivity contribution in [2.24, 2.45) is 0 Å². The van der Waals surface area contributed by atoms with Gasteiger partial charge in [0.2, 0.25) is 5.91 Å². The molecule has 4 rings (SSSR count). The molecule has 2 atom stereocenters. The second-order valence-corrected chi connectivity index (χ2v) is 8.56. The van der Waals surface area contributed by atoms with Crippen molar-refractivity contribution in [1.29, 1.82) is 0 Å². The monoisotopic (exact) mass is 393 g/mol. The molecule has 1 N–H and O–H groups in total. The third-order valence-electron chi connectivity index (χ3n) is 5.28. The van der Waals surface area contributed by atoms with Crippen LogP contribution in [-0.2, 0) is 14.3 Å². The summed E-state index contributed by atoms with van der Waals surface area (Å²) in [6.07, 6.45) is 0. The van der Waals surface area contributed by atoms with Crippen LogP contribution in [0.2, 0.25) is 0 Å². The van der Waals surface area contributed by atoms with Crippen LogP contribution < -0.4 is 10.2 Å². The number of nitrogens with zero attached hydrogens (tertiary/aromatic N) is 2. The van der Waals surface area contributed by atoms with E-state index in [1.165, 1.54) is 0 Å². The summed E-state index contributed by atoms with van der Waals surface area (Å²) in [5, 5.41) is 3.22. The molecule has 0 saturated carbocycles. The Morgan fingerprint density at radius 2 is 1.76 bits per heavy atom. The van der Waals surface area contributed by atoms with Crippen LogP contribution in [0.25, 0.3) is 11.1 Å². The lowest BCUT2D eigenvalue weighted by Crippen LogP contribution is -2.60. The first-order valence-electron chi connectivity index (χ1n) is 10.00. The van der Waals surface area contributed by atoms with Crippen molar-refractivity contribution >= 4 is 17.6 Å². The zero-order chi connectivity index (χ0) is 20.6. The molecular weight excluding hydrogens is 366 g/mol. The summed E-state index contributed by atoms with van der Waals surface area (Å²) >= 11 is 0. The minimum absolute atomic E-state index is 0.0102. The highest BCUT2D eigenvalue weighted by molar-refractivity contribution is 6.00. The fourth-order valence-corrected chi connectivity index (χ4v) is 3.93. The number of nitrogens with one attached hydrogen (secondary N) is 1. The number of piperazine rings is 1. The lowest BCUT2D eigenvalue weighted by molar-refractivity contribution is -0.162. The Morgan fingerprint density at radius 3 is 2.48 bits per heavy atom. The predicted octanol–water partition coefficient (Wildman–Crippen LogP) is 2.64. The maximum atomic E-state index is 13.1. The Hall–Kier alpha value is -2.70. The Bertz CT molecular complexity index is 907. The molecule has 29 heavy (non-hydrogen) atoms. The van der Waals surface area contributed by atoms with Gasteiger partial charge >= 0.3 is 5.97 Å². The van der Waals surface area contributed by atoms with Gasteiger partial charge in [0.1, 0.15) is 17.7 Å². The van der Waals surface area contributed by atoms with Crippen LogP contribution in [0.1, 0.15) is 20.8 Å². The van der Waals surface area contributed by atoms with Gasteiger partial charge in [0.25, 0.3) is 0 Å². The summed E-state index contributed by atoms with van der Waals surface area (Å²) < 4.78 is 5.59. The van der Waals surface area contributed by atoms with Crippen molar-refractivity contribution in [3.63, 3.8) is 0 Å². The molecule has 2 unspecified atom stereocenters. The Balaban J connectivity index is 1.58. The van der Waals surface area contributed by atoms with Crippen LogP contribution in [0, 0.1) is 0 Å². The summed E-state index contributed by atoms with van der Waals surface area (Å²) in [7, 11) is 0. The molecule has 2 aromatic carbocycles. The Kier molecular flexibility index (Phi) is 5.15. The second kappa shape index (κ2) is 7.61. The van der Waals surface area contributed by atoms with E-state index in [0.29, 0.717) is 19.8 Å². The van der Waals surface area contributed by atoms with E-state index in [1.807, 2.05) is 68.1 Å². The Labute approximate surface area is 171 Å². The number of hydrogen-bond donors (Lipinski definition) is 1. The maximum Gasteiger partial charge on any atom is 0.325 e. The van der Waals surface area contributed by atoms with Crippen molar-refractivity contribution in [3.8, 4) is 11.1 Å². The van der Waals surface area contributed by atoms with Gasteiger partial charge < -0.3 is 10.1 Å². The molecule has 2 aliphatic rings. The first-order chi connectivity index (χ1) is 13.8. The number of carbonyl (C=O) groups is 2. The van der Waals surface area contributed by atoms with Crippen molar-refractivity contribution in [2.75, 3.05) is 24.7 Å². The van der Waals surface area contributed by atoms with Crippen molar-refractivity contribution in [3.05, 3.63) is 54.6 Å². The van der Waals surface area contributed by atoms with Gasteiger partial charge in [0.05, 0.1) is 6.67 Å². The number of fused-ring (bicyclic) bond motifs is 1. The zero-order valence-corrected chi connectivity index (χ0v) is 17.1. The van der Waals surface area contributed by atoms with Crippen molar-refractivity contribution in [2.45, 2.75) is 38.5 Å². The smallest absolute Gasteiger partial charge is 0.325 e. The lowest BCUT2D eigenvalue weighted by Gasteiger charge is -2.35. The van der Waals surface area contributed by atoms with E-state index < -0.39 is 11.6 Å². The predicted molar refractivity (Wildman–Crippen MR) is 112 cm³/mol. The molecule has 2 heterocycles. The van der Waals surface area contributed by atoms with Gasteiger partial charge in [-0.05, 0) is 44.0 Å². The zero-order valence-electron chi connectivity index (χ0n) is 17.1. The number of hydrogen-bond acceptors (Lipinski definition) is 5. The molecule has 2 saturated heterocycles. The molecular formula is C23H27N3O3. The van der Waals surface area contributed by atoms with Crippen LogP contribution in [-0.4, -0.2) is 54.2 Å². The minimum Gasteiger partial charge on any atom is -0.459 e. The molecule has 6 nitrogen and oxygen atoms in total. The topological polar surface area (TPSA) is 61.9 Å². The number of esters is 1. The summed E-state index contributed by atoms with van der Waals surface area (Å²) in [4.78, 5) is 29.6. The quantitative estimate of drug-likeness (QED) is 0.813. The number of rotatable bonds is 3. The number of ether oxygens (including phenoxy) is 1. The van der Waals surface area contributed by atoms with E-state index >= 15 is 0 Å². The number of amides is 1. The second-order valence-electron chi connectivity index (χ2n) is 8.56. The third kappa shape index (κ3) is 4.04. The first kappa shape index (κ1) is 19.6. The third-order valence-corrected chi connectivity index (χ3v) is 5.28. The molecule has 0 aliphatic carbocycles. The highest BCUT2D eigenvalue weighted by atomic mass is 16.6. The standard InChI is InChI=1S/C23H27N3O3/c1-23(2,3)29-22(28)20-14-24-13-19-21(27)25(15-26(19)20)18-11-7-10-17(12-18)16-8-5-4-6-9-16/h4-12,19-20,24H,13-15H2,1-3H3. The molecule has 0 radical (unpaired) electrons. The molecule has 0 bridgehead atoms. The SMILES string of the molecule is CC(C)(C)OC(=O)C1CNCC2C(=O)N(c3cccc(-c4ccccc4)c3)CN12. The average molecular weight is 393 g/mol. The maximum absolute atomic E-state index is 13.1. The van der Waals surface area contributed by atoms with Gasteiger partial charge in [-0.25, -0.2) is 0 Å².